The molecule has 0 saturated carbocycles. The molecule has 19 heavy (non-hydrogen) atoms. The number of hydrogen-bond donors (Lipinski definition) is 1. The molecular formula is C14H19NO3S. The van der Waals surface area contributed by atoms with Crippen molar-refractivity contribution in [2.45, 2.75) is 24.2 Å². The number of ether oxygens (including phenoxy) is 1. The Kier molecular flexibility index (Phi) is 4.61. The number of sulfonamides is 1. The van der Waals surface area contributed by atoms with E-state index in [9.17, 15) is 8.42 Å². The Hall–Kier alpha value is -1.33. The van der Waals surface area contributed by atoms with Crippen molar-refractivity contribution in [2.24, 2.45) is 5.92 Å². The van der Waals surface area contributed by atoms with Crippen LogP contribution in [0.4, 0.5) is 0 Å². The van der Waals surface area contributed by atoms with E-state index in [1.807, 2.05) is 0 Å². The van der Waals surface area contributed by atoms with Crippen molar-refractivity contribution in [3.8, 4) is 5.75 Å². The van der Waals surface area contributed by atoms with Crippen molar-refractivity contribution in [1.82, 2.24) is 4.72 Å². The summed E-state index contributed by atoms with van der Waals surface area (Å²) in [5, 5.41) is 0. The van der Waals surface area contributed by atoms with Gasteiger partial charge in [-0.15, -0.1) is 0 Å². The van der Waals surface area contributed by atoms with E-state index in [-0.39, 0.29) is 4.90 Å². The molecule has 0 spiro atoms. The minimum Gasteiger partial charge on any atom is -0.497 e. The van der Waals surface area contributed by atoms with Gasteiger partial charge in [-0.3, -0.25) is 0 Å². The van der Waals surface area contributed by atoms with Gasteiger partial charge in [-0.2, -0.15) is 0 Å². The average molecular weight is 281 g/mol. The van der Waals surface area contributed by atoms with Crippen molar-refractivity contribution in [3.63, 3.8) is 0 Å². The van der Waals surface area contributed by atoms with Crippen molar-refractivity contribution in [1.29, 1.82) is 0 Å². The molecule has 1 aromatic carbocycles. The van der Waals surface area contributed by atoms with Gasteiger partial charge in [0.25, 0.3) is 0 Å². The summed E-state index contributed by atoms with van der Waals surface area (Å²) >= 11 is 0. The molecule has 0 saturated heterocycles. The zero-order valence-corrected chi connectivity index (χ0v) is 11.8. The lowest BCUT2D eigenvalue weighted by molar-refractivity contribution is 0.414. The van der Waals surface area contributed by atoms with Crippen LogP contribution in [-0.2, 0) is 10.0 Å². The van der Waals surface area contributed by atoms with Crippen molar-refractivity contribution >= 4 is 10.0 Å². The summed E-state index contributed by atoms with van der Waals surface area (Å²) in [6, 6.07) is 6.40. The molecule has 0 heterocycles. The largest absolute Gasteiger partial charge is 0.497 e. The second-order valence-electron chi connectivity index (χ2n) is 4.63. The van der Waals surface area contributed by atoms with Crippen LogP contribution in [-0.4, -0.2) is 22.1 Å². The predicted molar refractivity (Wildman–Crippen MR) is 74.7 cm³/mol. The average Bonchev–Trinajstić information content (AvgIpc) is 2.92. The summed E-state index contributed by atoms with van der Waals surface area (Å²) in [6.07, 6.45) is 7.41. The van der Waals surface area contributed by atoms with Crippen molar-refractivity contribution in [3.05, 3.63) is 36.4 Å². The number of nitrogens with one attached hydrogen (secondary N) is 1. The molecule has 0 radical (unpaired) electrons. The first-order chi connectivity index (χ1) is 9.12. The highest BCUT2D eigenvalue weighted by molar-refractivity contribution is 7.89. The first kappa shape index (κ1) is 14.1. The Morgan fingerprint density at radius 1 is 1.32 bits per heavy atom. The summed E-state index contributed by atoms with van der Waals surface area (Å²) in [7, 11) is -1.85. The molecule has 4 nitrogen and oxygen atoms in total. The van der Waals surface area contributed by atoms with Crippen LogP contribution in [0.2, 0.25) is 0 Å². The fourth-order valence-electron chi connectivity index (χ4n) is 2.15. The Morgan fingerprint density at radius 2 is 2.05 bits per heavy atom. The first-order valence-electron chi connectivity index (χ1n) is 6.42. The van der Waals surface area contributed by atoms with E-state index in [0.717, 1.165) is 19.3 Å². The van der Waals surface area contributed by atoms with Crippen LogP contribution in [0.5, 0.6) is 5.75 Å². The topological polar surface area (TPSA) is 55.4 Å². The third-order valence-corrected chi connectivity index (χ3v) is 4.77. The van der Waals surface area contributed by atoms with Gasteiger partial charge >= 0.3 is 0 Å². The zero-order chi connectivity index (χ0) is 13.7. The normalized spacial score (nSPS) is 18.7. The molecule has 1 unspecified atom stereocenters. The maximum absolute atomic E-state index is 12.0. The second-order valence-corrected chi connectivity index (χ2v) is 6.39. The number of methoxy groups -OCH3 is 1. The van der Waals surface area contributed by atoms with Crippen molar-refractivity contribution in [2.75, 3.05) is 13.7 Å². The van der Waals surface area contributed by atoms with Crippen LogP contribution in [0.25, 0.3) is 0 Å². The van der Waals surface area contributed by atoms with Crippen LogP contribution in [0.3, 0.4) is 0 Å². The molecule has 5 heteroatoms. The van der Waals surface area contributed by atoms with E-state index >= 15 is 0 Å². The zero-order valence-electron chi connectivity index (χ0n) is 11.0. The lowest BCUT2D eigenvalue weighted by Gasteiger charge is -2.10. The SMILES string of the molecule is COc1ccc(S(=O)(=O)NCCC2C=CCC2)cc1. The van der Waals surface area contributed by atoms with E-state index < -0.39 is 10.0 Å². The van der Waals surface area contributed by atoms with Crippen LogP contribution < -0.4 is 9.46 Å². The third-order valence-electron chi connectivity index (χ3n) is 3.29. The molecule has 1 aliphatic carbocycles. The van der Waals surface area contributed by atoms with Gasteiger partial charge in [0.1, 0.15) is 5.75 Å². The Morgan fingerprint density at radius 3 is 2.63 bits per heavy atom. The van der Waals surface area contributed by atoms with Gasteiger partial charge < -0.3 is 4.74 Å². The van der Waals surface area contributed by atoms with E-state index in [4.69, 9.17) is 4.74 Å². The molecule has 2 rings (SSSR count). The van der Waals surface area contributed by atoms with E-state index in [1.54, 1.807) is 31.4 Å². The van der Waals surface area contributed by atoms with Crippen LogP contribution >= 0.6 is 0 Å². The molecular weight excluding hydrogens is 262 g/mol. The number of benzene rings is 1. The Labute approximate surface area is 114 Å². The minimum atomic E-state index is -3.41. The van der Waals surface area contributed by atoms with E-state index in [0.29, 0.717) is 18.2 Å². The molecule has 1 aliphatic rings. The number of rotatable bonds is 6. The van der Waals surface area contributed by atoms with Gasteiger partial charge in [0.15, 0.2) is 0 Å². The van der Waals surface area contributed by atoms with Crippen LogP contribution in [0.15, 0.2) is 41.3 Å². The molecule has 1 atom stereocenters. The first-order valence-corrected chi connectivity index (χ1v) is 7.90. The molecule has 0 bridgehead atoms. The highest BCUT2D eigenvalue weighted by Gasteiger charge is 2.15. The highest BCUT2D eigenvalue weighted by Crippen LogP contribution is 2.20. The maximum Gasteiger partial charge on any atom is 0.240 e. The maximum atomic E-state index is 12.0. The molecule has 0 aromatic heterocycles. The molecule has 0 aliphatic heterocycles. The fraction of sp³-hybridized carbons (Fsp3) is 0.429. The van der Waals surface area contributed by atoms with Gasteiger partial charge in [0.2, 0.25) is 10.0 Å². The van der Waals surface area contributed by atoms with Gasteiger partial charge in [-0.05, 0) is 49.4 Å². The molecule has 1 aromatic rings. The van der Waals surface area contributed by atoms with Crippen LogP contribution in [0, 0.1) is 5.92 Å². The summed E-state index contributed by atoms with van der Waals surface area (Å²) in [5.74, 6) is 1.16. The third kappa shape index (κ3) is 3.81. The van der Waals surface area contributed by atoms with Crippen LogP contribution in [0.1, 0.15) is 19.3 Å². The van der Waals surface area contributed by atoms with Gasteiger partial charge in [0.05, 0.1) is 12.0 Å². The van der Waals surface area contributed by atoms with Crippen molar-refractivity contribution < 1.29 is 13.2 Å². The lowest BCUT2D eigenvalue weighted by atomic mass is 10.1. The molecule has 104 valence electrons. The summed E-state index contributed by atoms with van der Waals surface area (Å²) in [5.41, 5.74) is 0. The highest BCUT2D eigenvalue weighted by atomic mass is 32.2. The molecule has 1 N–H and O–H groups in total. The lowest BCUT2D eigenvalue weighted by Crippen LogP contribution is -2.25. The summed E-state index contributed by atoms with van der Waals surface area (Å²) < 4.78 is 31.7. The van der Waals surface area contributed by atoms with E-state index in [2.05, 4.69) is 16.9 Å². The standard InChI is InChI=1S/C14H19NO3S/c1-18-13-6-8-14(9-7-13)19(16,17)15-11-10-12-4-2-3-5-12/h2,4,6-9,12,15H,3,5,10-11H2,1H3. The summed E-state index contributed by atoms with van der Waals surface area (Å²) in [6.45, 7) is 0.476. The quantitative estimate of drug-likeness (QED) is 0.814. The van der Waals surface area contributed by atoms with Gasteiger partial charge in [0, 0.05) is 6.54 Å². The monoisotopic (exact) mass is 281 g/mol. The Balaban J connectivity index is 1.91. The van der Waals surface area contributed by atoms with Gasteiger partial charge in [-0.1, -0.05) is 12.2 Å². The number of allylic oxidation sites excluding steroid dienone is 2. The summed E-state index contributed by atoms with van der Waals surface area (Å²) in [4.78, 5) is 0.273. The predicted octanol–water partition coefficient (Wildman–Crippen LogP) is 2.33. The second kappa shape index (κ2) is 6.21. The van der Waals surface area contributed by atoms with Gasteiger partial charge in [-0.25, -0.2) is 13.1 Å². The molecule has 0 amide bonds. The molecule has 0 fully saturated rings. The smallest absolute Gasteiger partial charge is 0.240 e. The number of hydrogen-bond acceptors (Lipinski definition) is 3. The fourth-order valence-corrected chi connectivity index (χ4v) is 3.20. The Bertz CT molecular complexity index is 534. The van der Waals surface area contributed by atoms with E-state index in [1.165, 1.54) is 0 Å². The minimum absolute atomic E-state index is 0.273.